The second kappa shape index (κ2) is 25.9. The van der Waals surface area contributed by atoms with Crippen LogP contribution >= 0.6 is 0 Å². The number of unbranched alkanes of at least 4 members (excludes halogenated alkanes) is 19. The summed E-state index contributed by atoms with van der Waals surface area (Å²) in [5, 5.41) is 34.1. The Morgan fingerprint density at radius 2 is 1.16 bits per heavy atom. The molecule has 1 heterocycles. The fourth-order valence-corrected chi connectivity index (χ4v) is 6.06. The van der Waals surface area contributed by atoms with Crippen molar-refractivity contribution in [2.45, 2.75) is 199 Å². The van der Waals surface area contributed by atoms with E-state index in [0.717, 1.165) is 38.5 Å². The van der Waals surface area contributed by atoms with Gasteiger partial charge in [0.1, 0.15) is 24.4 Å². The van der Waals surface area contributed by atoms with Gasteiger partial charge in [-0.25, -0.2) is 0 Å². The monoisotopic (exact) mass is 628 g/mol. The zero-order valence-electron chi connectivity index (χ0n) is 28.5. The van der Waals surface area contributed by atoms with Gasteiger partial charge in [0.2, 0.25) is 11.8 Å². The van der Waals surface area contributed by atoms with Crippen molar-refractivity contribution in [2.75, 3.05) is 13.2 Å². The largest absolute Gasteiger partial charge is 0.394 e. The Morgan fingerprint density at radius 1 is 0.727 bits per heavy atom. The summed E-state index contributed by atoms with van der Waals surface area (Å²) in [6.45, 7) is 5.91. The van der Waals surface area contributed by atoms with Crippen LogP contribution in [0.4, 0.5) is 0 Å². The zero-order chi connectivity index (χ0) is 32.6. The van der Waals surface area contributed by atoms with Crippen LogP contribution < -0.4 is 11.1 Å². The number of carbonyl (C=O) groups excluding carboxylic acids is 2. The van der Waals surface area contributed by atoms with Crippen molar-refractivity contribution in [2.24, 2.45) is 5.73 Å². The highest BCUT2D eigenvalue weighted by Gasteiger charge is 2.48. The van der Waals surface area contributed by atoms with Crippen molar-refractivity contribution in [3.05, 3.63) is 0 Å². The van der Waals surface area contributed by atoms with Crippen molar-refractivity contribution < 1.29 is 29.6 Å². The molecule has 1 rings (SSSR count). The van der Waals surface area contributed by atoms with Crippen LogP contribution in [-0.2, 0) is 14.3 Å². The Labute approximate surface area is 269 Å². The molecule has 1 fully saturated rings. The van der Waals surface area contributed by atoms with Gasteiger partial charge in [0.05, 0.1) is 12.6 Å². The molecule has 0 spiro atoms. The van der Waals surface area contributed by atoms with Gasteiger partial charge in [-0.15, -0.1) is 0 Å². The second-order valence-corrected chi connectivity index (χ2v) is 13.1. The Kier molecular flexibility index (Phi) is 24.0. The van der Waals surface area contributed by atoms with Crippen molar-refractivity contribution >= 4 is 11.8 Å². The van der Waals surface area contributed by atoms with E-state index in [-0.39, 0.29) is 5.91 Å². The third-order valence-corrected chi connectivity index (χ3v) is 9.00. The summed E-state index contributed by atoms with van der Waals surface area (Å²) < 4.78 is 6.03. The van der Waals surface area contributed by atoms with Crippen LogP contribution in [0.3, 0.4) is 0 Å². The number of carbonyl (C=O) groups is 2. The number of aliphatic hydroxyl groups excluding tert-OH is 3. The van der Waals surface area contributed by atoms with Gasteiger partial charge in [0.25, 0.3) is 0 Å². The average Bonchev–Trinajstić information content (AvgIpc) is 3.01. The molecule has 6 atom stereocenters. The first-order chi connectivity index (χ1) is 21.3. The Balaban J connectivity index is 2.73. The highest BCUT2D eigenvalue weighted by atomic mass is 16.5. The second-order valence-electron chi connectivity index (χ2n) is 13.1. The number of nitrogens with zero attached hydrogens (tertiary/aromatic N) is 1. The molecule has 0 unspecified atom stereocenters. The van der Waals surface area contributed by atoms with Gasteiger partial charge in [-0.2, -0.15) is 0 Å². The van der Waals surface area contributed by atoms with Crippen molar-refractivity contribution in [1.29, 1.82) is 0 Å². The van der Waals surface area contributed by atoms with E-state index in [1.807, 2.05) is 0 Å². The molecule has 260 valence electrons. The predicted molar refractivity (Wildman–Crippen MR) is 178 cm³/mol. The van der Waals surface area contributed by atoms with Gasteiger partial charge in [-0.05, 0) is 19.8 Å². The van der Waals surface area contributed by atoms with Crippen LogP contribution in [0, 0.1) is 0 Å². The molecule has 1 saturated heterocycles. The molecular formula is C35H69N3O6. The number of amides is 2. The fourth-order valence-electron chi connectivity index (χ4n) is 6.06. The number of hydrogen-bond acceptors (Lipinski definition) is 7. The van der Waals surface area contributed by atoms with E-state index in [0.29, 0.717) is 13.0 Å². The summed E-state index contributed by atoms with van der Waals surface area (Å²) in [4.78, 5) is 27.8. The van der Waals surface area contributed by atoms with Crippen molar-refractivity contribution in [3.8, 4) is 0 Å². The summed E-state index contributed by atoms with van der Waals surface area (Å²) >= 11 is 0. The van der Waals surface area contributed by atoms with Crippen LogP contribution in [0.2, 0.25) is 0 Å². The lowest BCUT2D eigenvalue weighted by Gasteiger charge is -2.47. The molecule has 9 heteroatoms. The number of ether oxygens (including phenoxy) is 1. The van der Waals surface area contributed by atoms with Crippen molar-refractivity contribution in [3.63, 3.8) is 0 Å². The van der Waals surface area contributed by atoms with Gasteiger partial charge in [0, 0.05) is 13.0 Å². The molecule has 1 aliphatic rings. The molecule has 0 bridgehead atoms. The van der Waals surface area contributed by atoms with Gasteiger partial charge in [0.15, 0.2) is 6.23 Å². The molecule has 2 amide bonds. The first-order valence-corrected chi connectivity index (χ1v) is 18.3. The van der Waals surface area contributed by atoms with Crippen molar-refractivity contribution in [1.82, 2.24) is 10.2 Å². The Morgan fingerprint density at radius 3 is 1.59 bits per heavy atom. The molecule has 44 heavy (non-hydrogen) atoms. The zero-order valence-corrected chi connectivity index (χ0v) is 28.5. The van der Waals surface area contributed by atoms with E-state index < -0.39 is 49.1 Å². The Bertz CT molecular complexity index is 725. The molecule has 1 aliphatic heterocycles. The summed E-state index contributed by atoms with van der Waals surface area (Å²) in [5.41, 5.74) is 5.77. The summed E-state index contributed by atoms with van der Waals surface area (Å²) in [6.07, 6.45) is 20.3. The highest BCUT2D eigenvalue weighted by molar-refractivity contribution is 5.81. The maximum atomic E-state index is 13.6. The molecule has 0 aromatic rings. The molecule has 0 aromatic heterocycles. The highest BCUT2D eigenvalue weighted by Crippen LogP contribution is 2.26. The molecule has 6 N–H and O–H groups in total. The summed E-state index contributed by atoms with van der Waals surface area (Å²) in [5.74, 6) is -0.602. The first kappa shape index (κ1) is 40.8. The fraction of sp³-hybridized carbons (Fsp3) is 0.943. The van der Waals surface area contributed by atoms with Crippen LogP contribution in [0.5, 0.6) is 0 Å². The first-order valence-electron chi connectivity index (χ1n) is 18.3. The van der Waals surface area contributed by atoms with E-state index in [1.54, 1.807) is 4.90 Å². The van der Waals surface area contributed by atoms with Crippen LogP contribution in [0.15, 0.2) is 0 Å². The number of nitrogens with one attached hydrogen (secondary N) is 1. The molecular weight excluding hydrogens is 558 g/mol. The van der Waals surface area contributed by atoms with Crippen LogP contribution in [0.1, 0.15) is 162 Å². The number of aliphatic hydroxyl groups is 3. The molecule has 9 nitrogen and oxygen atoms in total. The quantitative estimate of drug-likeness (QED) is 0.0734. The van der Waals surface area contributed by atoms with Crippen LogP contribution in [0.25, 0.3) is 0 Å². The minimum atomic E-state index is -1.42. The maximum absolute atomic E-state index is 13.6. The number of nitrogens with two attached hydrogens (primary N) is 1. The molecule has 0 aliphatic carbocycles. The lowest BCUT2D eigenvalue weighted by atomic mass is 9.94. The lowest BCUT2D eigenvalue weighted by Crippen LogP contribution is -2.69. The normalized spacial score (nSPS) is 22.6. The smallest absolute Gasteiger partial charge is 0.237 e. The van der Waals surface area contributed by atoms with E-state index in [2.05, 4.69) is 19.2 Å². The average molecular weight is 628 g/mol. The lowest BCUT2D eigenvalue weighted by molar-refractivity contribution is -0.231. The molecule has 0 radical (unpaired) electrons. The summed E-state index contributed by atoms with van der Waals surface area (Å²) in [6, 6.07) is -1.89. The molecule has 0 aromatic carbocycles. The summed E-state index contributed by atoms with van der Waals surface area (Å²) in [7, 11) is 0. The van der Waals surface area contributed by atoms with E-state index in [4.69, 9.17) is 10.5 Å². The standard InChI is InChI=1S/C35H69N3O6/c1-4-6-8-10-12-14-15-16-18-20-22-24-26-38(30(40)25-23-21-19-17-13-11-9-7-5-2)35-31(37-34(43)28(3)36)33(42)32(41)29(27-39)44-35/h28-29,31-33,35,39,41-42H,4-27,36H2,1-3H3,(H,37,43)/t28-,29+,31+,32-,33+,35+/m0/s1. The van der Waals surface area contributed by atoms with E-state index in [9.17, 15) is 24.9 Å². The Hall–Kier alpha value is -1.26. The third-order valence-electron chi connectivity index (χ3n) is 9.00. The van der Waals surface area contributed by atoms with Gasteiger partial charge in [-0.3, -0.25) is 9.59 Å². The SMILES string of the molecule is CCCCCCCCCCCCCCN(C(=O)CCCCCCCCCCC)[C@@H]1O[C@H](CO)[C@H](O)[C@H](O)[C@H]1NC(=O)[C@H](C)N. The third kappa shape index (κ3) is 16.9. The van der Waals surface area contributed by atoms with E-state index in [1.165, 1.54) is 103 Å². The number of rotatable bonds is 27. The minimum absolute atomic E-state index is 0.0960. The van der Waals surface area contributed by atoms with Crippen LogP contribution in [-0.4, -0.2) is 81.8 Å². The number of hydrogen-bond donors (Lipinski definition) is 5. The molecule has 0 saturated carbocycles. The topological polar surface area (TPSA) is 145 Å². The predicted octanol–water partition coefficient (Wildman–Crippen LogP) is 5.71. The van der Waals surface area contributed by atoms with Gasteiger partial charge < -0.3 is 36.0 Å². The maximum Gasteiger partial charge on any atom is 0.237 e. The van der Waals surface area contributed by atoms with Gasteiger partial charge in [-0.1, -0.05) is 136 Å². The minimum Gasteiger partial charge on any atom is -0.394 e. The van der Waals surface area contributed by atoms with E-state index >= 15 is 0 Å². The van der Waals surface area contributed by atoms with Gasteiger partial charge >= 0.3 is 0 Å².